The van der Waals surface area contributed by atoms with Gasteiger partial charge < -0.3 is 4.90 Å². The van der Waals surface area contributed by atoms with Crippen molar-refractivity contribution < 1.29 is 4.92 Å². The van der Waals surface area contributed by atoms with Crippen molar-refractivity contribution in [2.24, 2.45) is 0 Å². The molecule has 1 aliphatic heterocycles. The van der Waals surface area contributed by atoms with Gasteiger partial charge in [-0.1, -0.05) is 15.9 Å². The van der Waals surface area contributed by atoms with E-state index < -0.39 is 0 Å². The first-order valence-electron chi connectivity index (χ1n) is 5.30. The molecule has 0 aliphatic carbocycles. The third-order valence-corrected chi connectivity index (χ3v) is 3.47. The van der Waals surface area contributed by atoms with E-state index in [4.69, 9.17) is 0 Å². The highest BCUT2D eigenvalue weighted by Crippen LogP contribution is 2.29. The SMILES string of the molecule is O=[N+]([O-])c1ccc(N2CCCC2)c(CBr)c1. The molecular formula is C11H13BrN2O2. The number of alkyl halides is 1. The molecule has 1 fully saturated rings. The van der Waals surface area contributed by atoms with E-state index in [9.17, 15) is 10.1 Å². The summed E-state index contributed by atoms with van der Waals surface area (Å²) >= 11 is 3.39. The maximum absolute atomic E-state index is 10.7. The van der Waals surface area contributed by atoms with E-state index in [1.54, 1.807) is 12.1 Å². The first kappa shape index (κ1) is 11.4. The number of benzene rings is 1. The Morgan fingerprint density at radius 2 is 2.06 bits per heavy atom. The minimum atomic E-state index is -0.347. The molecule has 1 saturated heterocycles. The van der Waals surface area contributed by atoms with Gasteiger partial charge in [-0.25, -0.2) is 0 Å². The predicted molar refractivity (Wildman–Crippen MR) is 67.2 cm³/mol. The molecule has 1 aliphatic rings. The zero-order valence-electron chi connectivity index (χ0n) is 8.86. The molecule has 0 atom stereocenters. The van der Waals surface area contributed by atoms with Crippen molar-refractivity contribution in [3.8, 4) is 0 Å². The van der Waals surface area contributed by atoms with Crippen LogP contribution in [0.1, 0.15) is 18.4 Å². The molecule has 1 heterocycles. The number of nitro benzene ring substituents is 1. The number of hydrogen-bond acceptors (Lipinski definition) is 3. The van der Waals surface area contributed by atoms with Gasteiger partial charge in [-0.3, -0.25) is 10.1 Å². The van der Waals surface area contributed by atoms with Crippen molar-refractivity contribution in [3.63, 3.8) is 0 Å². The van der Waals surface area contributed by atoms with Crippen LogP contribution >= 0.6 is 15.9 Å². The van der Waals surface area contributed by atoms with Gasteiger partial charge >= 0.3 is 0 Å². The molecule has 0 aromatic heterocycles. The number of hydrogen-bond donors (Lipinski definition) is 0. The van der Waals surface area contributed by atoms with E-state index in [1.807, 2.05) is 6.07 Å². The highest BCUT2D eigenvalue weighted by molar-refractivity contribution is 9.08. The molecule has 2 rings (SSSR count). The van der Waals surface area contributed by atoms with Crippen LogP contribution in [0.4, 0.5) is 11.4 Å². The fourth-order valence-corrected chi connectivity index (χ4v) is 2.51. The summed E-state index contributed by atoms with van der Waals surface area (Å²) < 4.78 is 0. The Morgan fingerprint density at radius 3 is 2.62 bits per heavy atom. The van der Waals surface area contributed by atoms with E-state index in [0.29, 0.717) is 5.33 Å². The zero-order chi connectivity index (χ0) is 11.5. The van der Waals surface area contributed by atoms with E-state index >= 15 is 0 Å². The van der Waals surface area contributed by atoms with E-state index in [-0.39, 0.29) is 10.6 Å². The van der Waals surface area contributed by atoms with Crippen LogP contribution in [0.25, 0.3) is 0 Å². The molecule has 86 valence electrons. The van der Waals surface area contributed by atoms with Crippen LogP contribution in [0.5, 0.6) is 0 Å². The van der Waals surface area contributed by atoms with Gasteiger partial charge in [0, 0.05) is 36.2 Å². The van der Waals surface area contributed by atoms with Gasteiger partial charge in [0.2, 0.25) is 0 Å². The molecule has 0 saturated carbocycles. The van der Waals surface area contributed by atoms with Crippen molar-refractivity contribution in [2.45, 2.75) is 18.2 Å². The second kappa shape index (κ2) is 4.82. The van der Waals surface area contributed by atoms with Crippen LogP contribution in [0.3, 0.4) is 0 Å². The molecule has 0 radical (unpaired) electrons. The Bertz CT molecular complexity index is 403. The topological polar surface area (TPSA) is 46.4 Å². The van der Waals surface area contributed by atoms with Crippen LogP contribution in [0.15, 0.2) is 18.2 Å². The molecule has 0 bridgehead atoms. The minimum absolute atomic E-state index is 0.164. The third kappa shape index (κ3) is 2.19. The van der Waals surface area contributed by atoms with Crippen LogP contribution < -0.4 is 4.90 Å². The summed E-state index contributed by atoms with van der Waals surface area (Å²) in [6.07, 6.45) is 2.41. The van der Waals surface area contributed by atoms with Crippen LogP contribution in [-0.2, 0) is 5.33 Å². The molecule has 0 amide bonds. The van der Waals surface area contributed by atoms with Gasteiger partial charge in [0.25, 0.3) is 5.69 Å². The van der Waals surface area contributed by atoms with Gasteiger partial charge in [0.05, 0.1) is 4.92 Å². The van der Waals surface area contributed by atoms with Gasteiger partial charge in [0.15, 0.2) is 0 Å². The quantitative estimate of drug-likeness (QED) is 0.487. The number of rotatable bonds is 3. The molecule has 0 N–H and O–H groups in total. The molecule has 0 unspecified atom stereocenters. The van der Waals surface area contributed by atoms with Gasteiger partial charge in [-0.2, -0.15) is 0 Å². The lowest BCUT2D eigenvalue weighted by Crippen LogP contribution is -2.19. The standard InChI is InChI=1S/C11H13BrN2O2/c12-8-9-7-10(14(15)16)3-4-11(9)13-5-1-2-6-13/h3-4,7H,1-2,5-6,8H2. The Hall–Kier alpha value is -1.10. The Labute approximate surface area is 103 Å². The first-order chi connectivity index (χ1) is 7.72. The lowest BCUT2D eigenvalue weighted by Gasteiger charge is -2.20. The number of anilines is 1. The fraction of sp³-hybridized carbons (Fsp3) is 0.455. The minimum Gasteiger partial charge on any atom is -0.371 e. The highest BCUT2D eigenvalue weighted by Gasteiger charge is 2.17. The number of halogens is 1. The highest BCUT2D eigenvalue weighted by atomic mass is 79.9. The third-order valence-electron chi connectivity index (χ3n) is 2.86. The summed E-state index contributed by atoms with van der Waals surface area (Å²) in [5, 5.41) is 11.3. The van der Waals surface area contributed by atoms with Gasteiger partial charge in [-0.15, -0.1) is 0 Å². The fourth-order valence-electron chi connectivity index (χ4n) is 2.06. The Kier molecular flexibility index (Phi) is 3.43. The van der Waals surface area contributed by atoms with Crippen molar-refractivity contribution >= 4 is 27.3 Å². The van der Waals surface area contributed by atoms with E-state index in [1.165, 1.54) is 12.8 Å². The van der Waals surface area contributed by atoms with Crippen molar-refractivity contribution in [1.29, 1.82) is 0 Å². The number of nitrogens with zero attached hydrogens (tertiary/aromatic N) is 2. The second-order valence-electron chi connectivity index (χ2n) is 3.90. The van der Waals surface area contributed by atoms with Crippen LogP contribution in [0.2, 0.25) is 0 Å². The molecule has 1 aromatic carbocycles. The Morgan fingerprint density at radius 1 is 1.38 bits per heavy atom. The van der Waals surface area contributed by atoms with Crippen molar-refractivity contribution in [1.82, 2.24) is 0 Å². The zero-order valence-corrected chi connectivity index (χ0v) is 10.4. The molecule has 1 aromatic rings. The monoisotopic (exact) mass is 284 g/mol. The normalized spacial score (nSPS) is 15.4. The van der Waals surface area contributed by atoms with Gasteiger partial charge in [-0.05, 0) is 24.5 Å². The summed E-state index contributed by atoms with van der Waals surface area (Å²) in [7, 11) is 0. The molecule has 4 nitrogen and oxygen atoms in total. The summed E-state index contributed by atoms with van der Waals surface area (Å²) in [6, 6.07) is 5.10. The van der Waals surface area contributed by atoms with Crippen LogP contribution in [-0.4, -0.2) is 18.0 Å². The average molecular weight is 285 g/mol. The molecule has 5 heteroatoms. The lowest BCUT2D eigenvalue weighted by atomic mass is 10.1. The molecule has 0 spiro atoms. The van der Waals surface area contributed by atoms with Crippen molar-refractivity contribution in [2.75, 3.05) is 18.0 Å². The summed E-state index contributed by atoms with van der Waals surface area (Å²) in [5.74, 6) is 0. The summed E-state index contributed by atoms with van der Waals surface area (Å²) in [6.45, 7) is 2.11. The maximum atomic E-state index is 10.7. The van der Waals surface area contributed by atoms with Crippen LogP contribution in [0, 0.1) is 10.1 Å². The van der Waals surface area contributed by atoms with E-state index in [0.717, 1.165) is 24.3 Å². The first-order valence-corrected chi connectivity index (χ1v) is 6.43. The van der Waals surface area contributed by atoms with Crippen molar-refractivity contribution in [3.05, 3.63) is 33.9 Å². The largest absolute Gasteiger partial charge is 0.371 e. The van der Waals surface area contributed by atoms with E-state index in [2.05, 4.69) is 20.8 Å². The summed E-state index contributed by atoms with van der Waals surface area (Å²) in [4.78, 5) is 12.6. The number of nitro groups is 1. The molecule has 16 heavy (non-hydrogen) atoms. The predicted octanol–water partition coefficient (Wildman–Crippen LogP) is 3.09. The van der Waals surface area contributed by atoms with Gasteiger partial charge in [0.1, 0.15) is 0 Å². The maximum Gasteiger partial charge on any atom is 0.269 e. The smallest absolute Gasteiger partial charge is 0.269 e. The lowest BCUT2D eigenvalue weighted by molar-refractivity contribution is -0.384. The summed E-state index contributed by atoms with van der Waals surface area (Å²) in [5.41, 5.74) is 2.29. The average Bonchev–Trinajstić information content (AvgIpc) is 2.81. The Balaban J connectivity index is 2.34. The molecular weight excluding hydrogens is 272 g/mol. The second-order valence-corrected chi connectivity index (χ2v) is 4.46. The number of non-ortho nitro benzene ring substituents is 1.